The van der Waals surface area contributed by atoms with Crippen molar-refractivity contribution in [3.05, 3.63) is 29.8 Å². The molecule has 0 fully saturated rings. The Kier molecular flexibility index (Phi) is 5.06. The van der Waals surface area contributed by atoms with Gasteiger partial charge in [0.15, 0.2) is 0 Å². The second kappa shape index (κ2) is 6.09. The smallest absolute Gasteiger partial charge is 0.204 e. The Labute approximate surface area is 103 Å². The number of hydrogen-bond donors (Lipinski definition) is 0. The quantitative estimate of drug-likeness (QED) is 0.544. The third-order valence-corrected chi connectivity index (χ3v) is 3.68. The molecule has 1 nitrogen and oxygen atoms in total. The molecule has 0 spiro atoms. The van der Waals surface area contributed by atoms with Crippen LogP contribution in [0.2, 0.25) is 0 Å². The average Bonchev–Trinajstić information content (AvgIpc) is 2.29. The zero-order valence-electron chi connectivity index (χ0n) is 11.0. The highest BCUT2D eigenvalue weighted by Gasteiger charge is 2.22. The van der Waals surface area contributed by atoms with Crippen LogP contribution < -0.4 is 4.43 Å². The zero-order chi connectivity index (χ0) is 12.0. The molecule has 16 heavy (non-hydrogen) atoms. The number of benzene rings is 1. The minimum absolute atomic E-state index is 0.232. The Morgan fingerprint density at radius 2 is 1.88 bits per heavy atom. The summed E-state index contributed by atoms with van der Waals surface area (Å²) < 4.78 is 5.58. The summed E-state index contributed by atoms with van der Waals surface area (Å²) >= 11 is 0. The van der Waals surface area contributed by atoms with Crippen molar-refractivity contribution in [3.8, 4) is 5.75 Å². The normalized spacial score (nSPS) is 11.7. The van der Waals surface area contributed by atoms with E-state index in [0.29, 0.717) is 0 Å². The Morgan fingerprint density at radius 3 is 2.50 bits per heavy atom. The van der Waals surface area contributed by atoms with Crippen molar-refractivity contribution in [2.45, 2.75) is 51.9 Å². The van der Waals surface area contributed by atoms with Gasteiger partial charge in [0.2, 0.25) is 10.5 Å². The first-order valence-corrected chi connectivity index (χ1v) is 7.07. The van der Waals surface area contributed by atoms with Crippen LogP contribution in [-0.2, 0) is 5.41 Å². The molecule has 1 aromatic carbocycles. The fraction of sp³-hybridized carbons (Fsp3) is 0.571. The van der Waals surface area contributed by atoms with E-state index in [4.69, 9.17) is 4.43 Å². The molecule has 0 atom stereocenters. The summed E-state index contributed by atoms with van der Waals surface area (Å²) in [5, 5.41) is 0. The van der Waals surface area contributed by atoms with Gasteiger partial charge in [0.05, 0.1) is 0 Å². The van der Waals surface area contributed by atoms with Crippen molar-refractivity contribution in [3.63, 3.8) is 0 Å². The van der Waals surface area contributed by atoms with Crippen LogP contribution in [0.25, 0.3) is 0 Å². The molecule has 0 radical (unpaired) electrons. The van der Waals surface area contributed by atoms with E-state index in [9.17, 15) is 0 Å². The van der Waals surface area contributed by atoms with Crippen LogP contribution >= 0.6 is 0 Å². The summed E-state index contributed by atoms with van der Waals surface area (Å²) in [5.74, 6) is 1.08. The topological polar surface area (TPSA) is 9.23 Å². The van der Waals surface area contributed by atoms with Crippen molar-refractivity contribution < 1.29 is 4.43 Å². The molecular formula is C14H24OSi. The molecule has 1 aromatic rings. The van der Waals surface area contributed by atoms with E-state index in [1.165, 1.54) is 31.2 Å². The number of unbranched alkanes of at least 4 members (excludes halogenated alkanes) is 2. The molecule has 2 heteroatoms. The summed E-state index contributed by atoms with van der Waals surface area (Å²) in [4.78, 5) is 0. The lowest BCUT2D eigenvalue weighted by Crippen LogP contribution is -2.18. The van der Waals surface area contributed by atoms with Crippen LogP contribution in [0.15, 0.2) is 24.3 Å². The Balaban J connectivity index is 2.79. The molecule has 0 aliphatic carbocycles. The number of para-hydroxylation sites is 1. The van der Waals surface area contributed by atoms with Crippen molar-refractivity contribution in [2.24, 2.45) is 0 Å². The van der Waals surface area contributed by atoms with Gasteiger partial charge in [-0.05, 0) is 23.5 Å². The minimum Gasteiger partial charge on any atom is -0.553 e. The number of rotatable bonds is 6. The fourth-order valence-corrected chi connectivity index (χ4v) is 2.51. The van der Waals surface area contributed by atoms with Gasteiger partial charge in [-0.15, -0.1) is 0 Å². The molecule has 0 saturated carbocycles. The molecule has 0 aromatic heterocycles. The molecule has 90 valence electrons. The Morgan fingerprint density at radius 1 is 1.19 bits per heavy atom. The molecule has 0 bridgehead atoms. The second-order valence-electron chi connectivity index (χ2n) is 5.04. The third kappa shape index (κ3) is 3.37. The Hall–Kier alpha value is -0.763. The predicted molar refractivity (Wildman–Crippen MR) is 74.2 cm³/mol. The second-order valence-corrected chi connectivity index (χ2v) is 5.45. The molecular weight excluding hydrogens is 212 g/mol. The minimum atomic E-state index is 0.232. The molecule has 0 unspecified atom stereocenters. The number of hydrogen-bond acceptors (Lipinski definition) is 1. The van der Waals surface area contributed by atoms with Crippen LogP contribution in [0, 0.1) is 0 Å². The van der Waals surface area contributed by atoms with Crippen molar-refractivity contribution in [1.29, 1.82) is 0 Å². The van der Waals surface area contributed by atoms with Gasteiger partial charge in [0.1, 0.15) is 5.75 Å². The van der Waals surface area contributed by atoms with Crippen LogP contribution in [0.3, 0.4) is 0 Å². The molecule has 0 aliphatic heterocycles. The first kappa shape index (κ1) is 13.3. The SMILES string of the molecule is CCCCCC(C)(C)c1ccccc1O[SiH3]. The van der Waals surface area contributed by atoms with Gasteiger partial charge in [-0.3, -0.25) is 0 Å². The summed E-state index contributed by atoms with van der Waals surface area (Å²) in [7, 11) is 0.765. The van der Waals surface area contributed by atoms with Crippen molar-refractivity contribution >= 4 is 10.5 Å². The van der Waals surface area contributed by atoms with Crippen LogP contribution in [0.5, 0.6) is 5.75 Å². The highest BCUT2D eigenvalue weighted by molar-refractivity contribution is 6.00. The predicted octanol–water partition coefficient (Wildman–Crippen LogP) is 3.20. The standard InChI is InChI=1S/C14H24OSi/c1-4-5-8-11-14(2,3)12-9-6-7-10-13(12)15-16/h6-7,9-10H,4-5,8,11H2,1-3,16H3. The highest BCUT2D eigenvalue weighted by Crippen LogP contribution is 2.35. The highest BCUT2D eigenvalue weighted by atomic mass is 28.2. The Bertz CT molecular complexity index is 320. The van der Waals surface area contributed by atoms with E-state index in [1.54, 1.807) is 0 Å². The monoisotopic (exact) mass is 236 g/mol. The van der Waals surface area contributed by atoms with Gasteiger partial charge in [-0.2, -0.15) is 0 Å². The van der Waals surface area contributed by atoms with Gasteiger partial charge in [-0.25, -0.2) is 0 Å². The molecule has 0 heterocycles. The van der Waals surface area contributed by atoms with E-state index < -0.39 is 0 Å². The van der Waals surface area contributed by atoms with E-state index >= 15 is 0 Å². The van der Waals surface area contributed by atoms with E-state index in [2.05, 4.69) is 45.0 Å². The van der Waals surface area contributed by atoms with Gasteiger partial charge in [-0.1, -0.05) is 58.2 Å². The molecule has 0 N–H and O–H groups in total. The largest absolute Gasteiger partial charge is 0.553 e. The van der Waals surface area contributed by atoms with Crippen molar-refractivity contribution in [1.82, 2.24) is 0 Å². The lowest BCUT2D eigenvalue weighted by Gasteiger charge is -2.27. The van der Waals surface area contributed by atoms with Crippen LogP contribution in [0.1, 0.15) is 52.0 Å². The van der Waals surface area contributed by atoms with Crippen LogP contribution in [-0.4, -0.2) is 10.5 Å². The van der Waals surface area contributed by atoms with Gasteiger partial charge in [0.25, 0.3) is 0 Å². The third-order valence-electron chi connectivity index (χ3n) is 3.24. The average molecular weight is 236 g/mol. The maximum Gasteiger partial charge on any atom is 0.204 e. The fourth-order valence-electron chi connectivity index (χ4n) is 2.16. The summed E-state index contributed by atoms with van der Waals surface area (Å²) in [6.07, 6.45) is 5.16. The maximum absolute atomic E-state index is 5.58. The van der Waals surface area contributed by atoms with Crippen molar-refractivity contribution in [2.75, 3.05) is 0 Å². The van der Waals surface area contributed by atoms with Crippen LogP contribution in [0.4, 0.5) is 0 Å². The lowest BCUT2D eigenvalue weighted by atomic mass is 9.79. The maximum atomic E-state index is 5.58. The first-order valence-electron chi connectivity index (χ1n) is 6.25. The van der Waals surface area contributed by atoms with E-state index in [1.807, 2.05) is 0 Å². The zero-order valence-corrected chi connectivity index (χ0v) is 13.0. The first-order chi connectivity index (χ1) is 7.61. The summed E-state index contributed by atoms with van der Waals surface area (Å²) in [6, 6.07) is 8.46. The summed E-state index contributed by atoms with van der Waals surface area (Å²) in [5.41, 5.74) is 1.59. The summed E-state index contributed by atoms with van der Waals surface area (Å²) in [6.45, 7) is 6.89. The van der Waals surface area contributed by atoms with Gasteiger partial charge < -0.3 is 4.43 Å². The van der Waals surface area contributed by atoms with E-state index in [-0.39, 0.29) is 5.41 Å². The van der Waals surface area contributed by atoms with E-state index in [0.717, 1.165) is 16.2 Å². The van der Waals surface area contributed by atoms with Gasteiger partial charge >= 0.3 is 0 Å². The molecule has 0 saturated heterocycles. The lowest BCUT2D eigenvalue weighted by molar-refractivity contribution is 0.436. The van der Waals surface area contributed by atoms with Gasteiger partial charge in [0, 0.05) is 0 Å². The molecule has 0 amide bonds. The molecule has 1 rings (SSSR count). The molecule has 0 aliphatic rings.